The third-order valence-electron chi connectivity index (χ3n) is 5.92. The maximum absolute atomic E-state index is 12.3. The summed E-state index contributed by atoms with van der Waals surface area (Å²) in [6, 6.07) is 12.9. The molecule has 10 nitrogen and oxygen atoms in total. The van der Waals surface area contributed by atoms with Crippen molar-refractivity contribution in [3.05, 3.63) is 48.5 Å². The topological polar surface area (TPSA) is 133 Å². The van der Waals surface area contributed by atoms with E-state index < -0.39 is 20.0 Å². The third kappa shape index (κ3) is 6.46. The van der Waals surface area contributed by atoms with Crippen molar-refractivity contribution in [2.45, 2.75) is 9.79 Å². The second-order valence-corrected chi connectivity index (χ2v) is 12.4. The van der Waals surface area contributed by atoms with Crippen LogP contribution in [0.1, 0.15) is 0 Å². The van der Waals surface area contributed by atoms with Crippen LogP contribution in [0.5, 0.6) is 0 Å². The van der Waals surface area contributed by atoms with Crippen LogP contribution in [0.15, 0.2) is 58.3 Å². The van der Waals surface area contributed by atoms with Crippen molar-refractivity contribution in [3.63, 3.8) is 0 Å². The predicted octanol–water partition coefficient (Wildman–Crippen LogP) is 0.410. The van der Waals surface area contributed by atoms with Gasteiger partial charge < -0.3 is 21.3 Å². The quantitative estimate of drug-likeness (QED) is 0.565. The summed E-state index contributed by atoms with van der Waals surface area (Å²) >= 11 is 0. The van der Waals surface area contributed by atoms with E-state index in [0.29, 0.717) is 37.6 Å². The highest BCUT2D eigenvalue weighted by Crippen LogP contribution is 2.20. The fraction of sp³-hybridized carbons (Fsp3) is 0.455. The normalized spacial score (nSPS) is 19.4. The average Bonchev–Trinajstić information content (AvgIpc) is 2.80. The molecule has 0 radical (unpaired) electrons. The van der Waals surface area contributed by atoms with Gasteiger partial charge in [-0.2, -0.15) is 8.61 Å². The lowest BCUT2D eigenvalue weighted by atomic mass is 10.3. The molecule has 0 aromatic heterocycles. The summed E-state index contributed by atoms with van der Waals surface area (Å²) in [4.78, 5) is 4.79. The first-order valence-electron chi connectivity index (χ1n) is 11.1. The largest absolute Gasteiger partial charge is 0.399 e. The van der Waals surface area contributed by atoms with E-state index in [4.69, 9.17) is 11.5 Å². The van der Waals surface area contributed by atoms with E-state index in [1.54, 1.807) is 36.4 Å². The van der Waals surface area contributed by atoms with Crippen LogP contribution in [-0.4, -0.2) is 102 Å². The number of likely N-dealkylation sites (N-methyl/N-ethyl adjacent to an activating group) is 2. The second kappa shape index (κ2) is 11.0. The Balaban J connectivity index is 0.000000191. The number of anilines is 2. The Hall–Kier alpha value is -2.22. The molecule has 0 bridgehead atoms. The van der Waals surface area contributed by atoms with Gasteiger partial charge in [-0.15, -0.1) is 0 Å². The Kier molecular flexibility index (Phi) is 8.55. The molecule has 0 aliphatic carbocycles. The van der Waals surface area contributed by atoms with Crippen LogP contribution in [0.25, 0.3) is 0 Å². The molecular formula is C22H34N6O4S2. The fourth-order valence-corrected chi connectivity index (χ4v) is 6.66. The Labute approximate surface area is 202 Å². The summed E-state index contributed by atoms with van der Waals surface area (Å²) in [5.74, 6) is 0. The van der Waals surface area contributed by atoms with E-state index in [1.165, 1.54) is 20.7 Å². The number of nitrogens with two attached hydrogens (primary N) is 2. The first-order valence-corrected chi connectivity index (χ1v) is 14.0. The summed E-state index contributed by atoms with van der Waals surface area (Å²) in [6.45, 7) is 5.20. The van der Waals surface area contributed by atoms with Gasteiger partial charge in [0.1, 0.15) is 0 Å². The van der Waals surface area contributed by atoms with Crippen molar-refractivity contribution in [1.29, 1.82) is 0 Å². The van der Waals surface area contributed by atoms with Crippen molar-refractivity contribution in [2.24, 2.45) is 0 Å². The number of piperazine rings is 2. The number of rotatable bonds is 4. The molecule has 2 aliphatic heterocycles. The number of sulfonamides is 2. The van der Waals surface area contributed by atoms with Crippen LogP contribution in [-0.2, 0) is 20.0 Å². The van der Waals surface area contributed by atoms with Gasteiger partial charge in [-0.25, -0.2) is 16.8 Å². The van der Waals surface area contributed by atoms with Gasteiger partial charge in [0.2, 0.25) is 20.0 Å². The first-order chi connectivity index (χ1) is 16.0. The van der Waals surface area contributed by atoms with Crippen LogP contribution in [0.3, 0.4) is 0 Å². The minimum absolute atomic E-state index is 0.280. The Bertz CT molecular complexity index is 1080. The molecule has 34 heavy (non-hydrogen) atoms. The molecule has 12 heteroatoms. The van der Waals surface area contributed by atoms with Crippen LogP contribution >= 0.6 is 0 Å². The van der Waals surface area contributed by atoms with E-state index in [1.807, 2.05) is 14.1 Å². The molecule has 0 saturated carbocycles. The van der Waals surface area contributed by atoms with E-state index in [9.17, 15) is 16.8 Å². The van der Waals surface area contributed by atoms with Crippen molar-refractivity contribution in [3.8, 4) is 0 Å². The monoisotopic (exact) mass is 510 g/mol. The van der Waals surface area contributed by atoms with Gasteiger partial charge in [0.05, 0.1) is 9.79 Å². The molecule has 4 N–H and O–H groups in total. The lowest BCUT2D eigenvalue weighted by Crippen LogP contribution is -2.47. The molecule has 2 heterocycles. The highest BCUT2D eigenvalue weighted by atomic mass is 32.2. The maximum Gasteiger partial charge on any atom is 0.243 e. The third-order valence-corrected chi connectivity index (χ3v) is 9.71. The maximum atomic E-state index is 12.3. The van der Waals surface area contributed by atoms with E-state index in [0.717, 1.165) is 26.2 Å². The lowest BCUT2D eigenvalue weighted by Gasteiger charge is -2.31. The van der Waals surface area contributed by atoms with Crippen molar-refractivity contribution in [1.82, 2.24) is 18.4 Å². The smallest absolute Gasteiger partial charge is 0.243 e. The lowest BCUT2D eigenvalue weighted by molar-refractivity contribution is 0.222. The van der Waals surface area contributed by atoms with Crippen LogP contribution in [0, 0.1) is 0 Å². The zero-order valence-corrected chi connectivity index (χ0v) is 21.3. The molecule has 0 spiro atoms. The molecule has 2 aliphatic rings. The SMILES string of the molecule is CN1CCN(S(=O)(=O)c2cccc(N)c2)CC1.CN1CCN(S(=O)(=O)c2cccc(N)c2)CC1. The Morgan fingerprint density at radius 1 is 0.588 bits per heavy atom. The van der Waals surface area contributed by atoms with Gasteiger partial charge >= 0.3 is 0 Å². The molecule has 2 fully saturated rings. The Morgan fingerprint density at radius 3 is 1.21 bits per heavy atom. The van der Waals surface area contributed by atoms with Crippen molar-refractivity contribution < 1.29 is 16.8 Å². The molecular weight excluding hydrogens is 476 g/mol. The standard InChI is InChI=1S/2C11H17N3O2S/c2*1-13-5-7-14(8-6-13)17(15,16)11-4-2-3-10(12)9-11/h2*2-4,9H,5-8,12H2,1H3. The van der Waals surface area contributed by atoms with Gasteiger partial charge in [0, 0.05) is 63.7 Å². The fourth-order valence-electron chi connectivity index (χ4n) is 3.71. The zero-order chi connectivity index (χ0) is 24.9. The summed E-state index contributed by atoms with van der Waals surface area (Å²) in [7, 11) is -2.78. The number of benzene rings is 2. The van der Waals surface area contributed by atoms with Crippen LogP contribution in [0.2, 0.25) is 0 Å². The van der Waals surface area contributed by atoms with E-state index in [2.05, 4.69) is 9.80 Å². The molecule has 0 unspecified atom stereocenters. The summed E-state index contributed by atoms with van der Waals surface area (Å²) in [6.07, 6.45) is 0. The van der Waals surface area contributed by atoms with Crippen LogP contribution < -0.4 is 11.5 Å². The first kappa shape index (κ1) is 26.4. The minimum atomic E-state index is -3.38. The van der Waals surface area contributed by atoms with Crippen molar-refractivity contribution >= 4 is 31.4 Å². The summed E-state index contributed by atoms with van der Waals surface area (Å²) in [5.41, 5.74) is 12.2. The van der Waals surface area contributed by atoms with Crippen molar-refractivity contribution in [2.75, 3.05) is 77.9 Å². The van der Waals surface area contributed by atoms with Gasteiger partial charge in [0.25, 0.3) is 0 Å². The summed E-state index contributed by atoms with van der Waals surface area (Å²) in [5, 5.41) is 0. The molecule has 0 atom stereocenters. The molecule has 2 aromatic rings. The molecule has 2 saturated heterocycles. The van der Waals surface area contributed by atoms with E-state index in [-0.39, 0.29) is 9.79 Å². The molecule has 2 aromatic carbocycles. The highest BCUT2D eigenvalue weighted by molar-refractivity contribution is 7.89. The number of hydrogen-bond acceptors (Lipinski definition) is 8. The second-order valence-electron chi connectivity index (χ2n) is 8.56. The minimum Gasteiger partial charge on any atom is -0.399 e. The Morgan fingerprint density at radius 2 is 0.912 bits per heavy atom. The number of nitrogen functional groups attached to an aromatic ring is 2. The van der Waals surface area contributed by atoms with Gasteiger partial charge in [-0.3, -0.25) is 0 Å². The molecule has 0 amide bonds. The average molecular weight is 511 g/mol. The number of nitrogens with zero attached hydrogens (tertiary/aromatic N) is 4. The molecule has 188 valence electrons. The predicted molar refractivity (Wildman–Crippen MR) is 134 cm³/mol. The van der Waals surface area contributed by atoms with E-state index >= 15 is 0 Å². The molecule has 4 rings (SSSR count). The zero-order valence-electron chi connectivity index (χ0n) is 19.7. The highest BCUT2D eigenvalue weighted by Gasteiger charge is 2.28. The number of hydrogen-bond donors (Lipinski definition) is 2. The van der Waals surface area contributed by atoms with Crippen LogP contribution in [0.4, 0.5) is 11.4 Å². The van der Waals surface area contributed by atoms with Gasteiger partial charge in [0.15, 0.2) is 0 Å². The summed E-state index contributed by atoms with van der Waals surface area (Å²) < 4.78 is 52.2. The van der Waals surface area contributed by atoms with Gasteiger partial charge in [-0.1, -0.05) is 12.1 Å². The van der Waals surface area contributed by atoms with Gasteiger partial charge in [-0.05, 0) is 50.5 Å².